The van der Waals surface area contributed by atoms with Crippen molar-refractivity contribution in [2.75, 3.05) is 19.3 Å². The van der Waals surface area contributed by atoms with Crippen molar-refractivity contribution in [1.82, 2.24) is 10.6 Å². The molecule has 3 nitrogen and oxygen atoms in total. The van der Waals surface area contributed by atoms with Gasteiger partial charge in [-0.2, -0.15) is 11.8 Å². The highest BCUT2D eigenvalue weighted by molar-refractivity contribution is 7.98. The molecule has 2 atom stereocenters. The van der Waals surface area contributed by atoms with E-state index in [1.807, 2.05) is 18.8 Å². The Morgan fingerprint density at radius 3 is 2.65 bits per heavy atom. The van der Waals surface area contributed by atoms with Gasteiger partial charge in [0.15, 0.2) is 5.96 Å². The Kier molecular flexibility index (Phi) is 5.77. The van der Waals surface area contributed by atoms with Gasteiger partial charge in [-0.05, 0) is 24.8 Å². The highest BCUT2D eigenvalue weighted by Crippen LogP contribution is 2.28. The molecular weight excluding hydrogens is 266 g/mol. The van der Waals surface area contributed by atoms with Gasteiger partial charge in [-0.1, -0.05) is 36.8 Å². The van der Waals surface area contributed by atoms with Gasteiger partial charge in [0.05, 0.1) is 0 Å². The predicted octanol–water partition coefficient (Wildman–Crippen LogP) is 2.80. The van der Waals surface area contributed by atoms with Crippen molar-refractivity contribution < 1.29 is 0 Å². The van der Waals surface area contributed by atoms with E-state index in [0.29, 0.717) is 6.04 Å². The maximum atomic E-state index is 4.25. The van der Waals surface area contributed by atoms with Crippen LogP contribution in [0.3, 0.4) is 0 Å². The predicted molar refractivity (Wildman–Crippen MR) is 89.4 cm³/mol. The van der Waals surface area contributed by atoms with Crippen molar-refractivity contribution in [2.45, 2.75) is 32.1 Å². The molecule has 0 radical (unpaired) electrons. The Bertz CT molecular complexity index is 442. The van der Waals surface area contributed by atoms with E-state index >= 15 is 0 Å². The van der Waals surface area contributed by atoms with Crippen molar-refractivity contribution in [3.05, 3.63) is 35.4 Å². The van der Waals surface area contributed by atoms with Gasteiger partial charge in [0.1, 0.15) is 0 Å². The van der Waals surface area contributed by atoms with E-state index in [1.165, 1.54) is 17.5 Å². The highest BCUT2D eigenvalue weighted by Gasteiger charge is 2.33. The molecule has 0 aliphatic heterocycles. The van der Waals surface area contributed by atoms with Gasteiger partial charge in [-0.25, -0.2) is 0 Å². The Labute approximate surface area is 126 Å². The van der Waals surface area contributed by atoms with Crippen molar-refractivity contribution in [3.8, 4) is 0 Å². The molecule has 0 saturated heterocycles. The summed E-state index contributed by atoms with van der Waals surface area (Å²) in [4.78, 5) is 4.25. The summed E-state index contributed by atoms with van der Waals surface area (Å²) < 4.78 is 0. The summed E-state index contributed by atoms with van der Waals surface area (Å²) in [6, 6.07) is 9.41. The van der Waals surface area contributed by atoms with Gasteiger partial charge < -0.3 is 10.6 Å². The standard InChI is InChI=1S/C16H25N3S/c1-12-4-6-14(7-5-12)11-20-9-8-18-16(17-3)19-15-10-13(15)2/h4-7,13,15H,8-11H2,1-3H3,(H2,17,18,19). The molecule has 110 valence electrons. The lowest BCUT2D eigenvalue weighted by Gasteiger charge is -2.11. The normalized spacial score (nSPS) is 21.6. The van der Waals surface area contributed by atoms with Crippen LogP contribution in [0.15, 0.2) is 29.3 Å². The molecule has 2 unspecified atom stereocenters. The monoisotopic (exact) mass is 291 g/mol. The fourth-order valence-electron chi connectivity index (χ4n) is 2.01. The summed E-state index contributed by atoms with van der Waals surface area (Å²) >= 11 is 1.95. The number of nitrogens with one attached hydrogen (secondary N) is 2. The molecule has 0 heterocycles. The van der Waals surface area contributed by atoms with Crippen LogP contribution in [0.2, 0.25) is 0 Å². The lowest BCUT2D eigenvalue weighted by Crippen LogP contribution is -2.40. The van der Waals surface area contributed by atoms with Crippen LogP contribution in [-0.4, -0.2) is 31.3 Å². The van der Waals surface area contributed by atoms with Crippen molar-refractivity contribution in [1.29, 1.82) is 0 Å². The molecule has 0 spiro atoms. The lowest BCUT2D eigenvalue weighted by atomic mass is 10.2. The van der Waals surface area contributed by atoms with E-state index in [2.05, 4.69) is 53.7 Å². The third-order valence-electron chi connectivity index (χ3n) is 3.58. The molecule has 1 fully saturated rings. The average molecular weight is 291 g/mol. The van der Waals surface area contributed by atoms with Gasteiger partial charge in [0.2, 0.25) is 0 Å². The molecule has 1 aliphatic carbocycles. The summed E-state index contributed by atoms with van der Waals surface area (Å²) in [6.07, 6.45) is 1.27. The molecule has 1 aromatic carbocycles. The van der Waals surface area contributed by atoms with Gasteiger partial charge in [-0.3, -0.25) is 4.99 Å². The van der Waals surface area contributed by atoms with E-state index in [-0.39, 0.29) is 0 Å². The summed E-state index contributed by atoms with van der Waals surface area (Å²) in [7, 11) is 1.84. The molecule has 2 rings (SSSR count). The second-order valence-corrected chi connectivity index (χ2v) is 6.61. The Balaban J connectivity index is 1.57. The minimum absolute atomic E-state index is 0.626. The molecule has 0 aromatic heterocycles. The van der Waals surface area contributed by atoms with E-state index < -0.39 is 0 Å². The number of thioether (sulfide) groups is 1. The zero-order chi connectivity index (χ0) is 14.4. The maximum absolute atomic E-state index is 4.25. The molecule has 0 amide bonds. The Morgan fingerprint density at radius 1 is 1.35 bits per heavy atom. The first-order valence-corrected chi connectivity index (χ1v) is 8.45. The molecule has 1 aliphatic rings. The zero-order valence-corrected chi connectivity index (χ0v) is 13.5. The topological polar surface area (TPSA) is 36.4 Å². The summed E-state index contributed by atoms with van der Waals surface area (Å²) in [5.41, 5.74) is 2.72. The first-order valence-electron chi connectivity index (χ1n) is 7.29. The van der Waals surface area contributed by atoms with Crippen LogP contribution in [0.4, 0.5) is 0 Å². The van der Waals surface area contributed by atoms with Gasteiger partial charge in [0, 0.05) is 31.1 Å². The second kappa shape index (κ2) is 7.58. The van der Waals surface area contributed by atoms with Gasteiger partial charge in [-0.15, -0.1) is 0 Å². The van der Waals surface area contributed by atoms with E-state index in [9.17, 15) is 0 Å². The number of guanidine groups is 1. The van der Waals surface area contributed by atoms with Crippen LogP contribution in [0.5, 0.6) is 0 Å². The summed E-state index contributed by atoms with van der Waals surface area (Å²) in [6.45, 7) is 5.35. The first-order chi connectivity index (χ1) is 9.69. The fraction of sp³-hybridized carbons (Fsp3) is 0.562. The minimum atomic E-state index is 0.626. The number of nitrogens with zero attached hydrogens (tertiary/aromatic N) is 1. The number of hydrogen-bond acceptors (Lipinski definition) is 2. The molecule has 20 heavy (non-hydrogen) atoms. The number of hydrogen-bond donors (Lipinski definition) is 2. The third-order valence-corrected chi connectivity index (χ3v) is 4.61. The van der Waals surface area contributed by atoms with Crippen LogP contribution in [-0.2, 0) is 5.75 Å². The lowest BCUT2D eigenvalue weighted by molar-refractivity contribution is 0.775. The van der Waals surface area contributed by atoms with Crippen LogP contribution in [0, 0.1) is 12.8 Å². The maximum Gasteiger partial charge on any atom is 0.191 e. The van der Waals surface area contributed by atoms with Crippen LogP contribution >= 0.6 is 11.8 Å². The third kappa shape index (κ3) is 5.08. The van der Waals surface area contributed by atoms with Crippen LogP contribution in [0.25, 0.3) is 0 Å². The van der Waals surface area contributed by atoms with E-state index in [0.717, 1.165) is 29.9 Å². The molecule has 1 aromatic rings. The largest absolute Gasteiger partial charge is 0.356 e. The molecule has 0 bridgehead atoms. The summed E-state index contributed by atoms with van der Waals surface area (Å²) in [5.74, 6) is 3.90. The average Bonchev–Trinajstić information content (AvgIpc) is 3.14. The number of aliphatic imine (C=N–C) groups is 1. The number of rotatable bonds is 6. The Morgan fingerprint density at radius 2 is 2.05 bits per heavy atom. The van der Waals surface area contributed by atoms with Gasteiger partial charge >= 0.3 is 0 Å². The van der Waals surface area contributed by atoms with Crippen molar-refractivity contribution in [2.24, 2.45) is 10.9 Å². The van der Waals surface area contributed by atoms with Crippen LogP contribution < -0.4 is 10.6 Å². The Hall–Kier alpha value is -1.16. The number of aryl methyl sites for hydroxylation is 1. The van der Waals surface area contributed by atoms with Crippen molar-refractivity contribution in [3.63, 3.8) is 0 Å². The quantitative estimate of drug-likeness (QED) is 0.481. The highest BCUT2D eigenvalue weighted by atomic mass is 32.2. The van der Waals surface area contributed by atoms with Gasteiger partial charge in [0.25, 0.3) is 0 Å². The van der Waals surface area contributed by atoms with Crippen molar-refractivity contribution >= 4 is 17.7 Å². The first kappa shape index (κ1) is 15.2. The summed E-state index contributed by atoms with van der Waals surface area (Å²) in [5, 5.41) is 6.81. The van der Waals surface area contributed by atoms with Crippen LogP contribution in [0.1, 0.15) is 24.5 Å². The molecule has 2 N–H and O–H groups in total. The molecule has 1 saturated carbocycles. The zero-order valence-electron chi connectivity index (χ0n) is 12.6. The second-order valence-electron chi connectivity index (χ2n) is 5.50. The molecular formula is C16H25N3S. The van der Waals surface area contributed by atoms with E-state index in [1.54, 1.807) is 0 Å². The number of benzene rings is 1. The van der Waals surface area contributed by atoms with E-state index in [4.69, 9.17) is 0 Å². The SMILES string of the molecule is CN=C(NCCSCc1ccc(C)cc1)NC1CC1C. The molecule has 4 heteroatoms. The smallest absolute Gasteiger partial charge is 0.191 e. The minimum Gasteiger partial charge on any atom is -0.356 e. The fourth-order valence-corrected chi connectivity index (χ4v) is 2.83.